The molecule has 1 aliphatic carbocycles. The maximum absolute atomic E-state index is 14.9. The van der Waals surface area contributed by atoms with Gasteiger partial charge in [-0.05, 0) is 55.2 Å². The molecule has 0 amide bonds. The summed E-state index contributed by atoms with van der Waals surface area (Å²) in [6, 6.07) is 10.6. The lowest BCUT2D eigenvalue weighted by atomic mass is 9.71. The van der Waals surface area contributed by atoms with Crippen LogP contribution in [-0.2, 0) is 14.3 Å². The molecule has 0 saturated carbocycles. The first-order chi connectivity index (χ1) is 14.8. The normalized spacial score (nSPS) is 21.0. The fraction of sp³-hybridized carbons (Fsp3) is 0.250. The predicted molar refractivity (Wildman–Crippen MR) is 115 cm³/mol. The molecule has 4 nitrogen and oxygen atoms in total. The number of halogens is 3. The van der Waals surface area contributed by atoms with E-state index in [4.69, 9.17) is 4.74 Å². The highest BCUT2D eigenvalue weighted by molar-refractivity contribution is 9.10. The minimum absolute atomic E-state index is 0.139. The van der Waals surface area contributed by atoms with Crippen LogP contribution in [0.15, 0.2) is 69.5 Å². The number of benzene rings is 2. The number of methoxy groups -OCH3 is 1. The molecule has 2 aromatic rings. The summed E-state index contributed by atoms with van der Waals surface area (Å²) in [5.41, 5.74) is 2.85. The fourth-order valence-electron chi connectivity index (χ4n) is 4.44. The van der Waals surface area contributed by atoms with Crippen molar-refractivity contribution in [2.24, 2.45) is 0 Å². The van der Waals surface area contributed by atoms with E-state index in [2.05, 4.69) is 21.2 Å². The molecule has 0 spiro atoms. The Kier molecular flexibility index (Phi) is 5.79. The maximum atomic E-state index is 14.9. The lowest BCUT2D eigenvalue weighted by molar-refractivity contribution is -0.136. The van der Waals surface area contributed by atoms with Crippen molar-refractivity contribution in [1.29, 1.82) is 0 Å². The van der Waals surface area contributed by atoms with Gasteiger partial charge in [0, 0.05) is 33.4 Å². The number of nitrogens with one attached hydrogen (secondary N) is 1. The van der Waals surface area contributed by atoms with E-state index in [1.165, 1.54) is 25.3 Å². The number of ketones is 1. The molecule has 2 aliphatic rings. The van der Waals surface area contributed by atoms with Crippen LogP contribution in [0.5, 0.6) is 0 Å². The van der Waals surface area contributed by atoms with Gasteiger partial charge in [0.05, 0.1) is 18.6 Å². The molecule has 160 valence electrons. The van der Waals surface area contributed by atoms with Gasteiger partial charge in [-0.25, -0.2) is 13.6 Å². The second-order valence-corrected chi connectivity index (χ2v) is 8.64. The summed E-state index contributed by atoms with van der Waals surface area (Å²) in [6.07, 6.45) is 0.677. The van der Waals surface area contributed by atoms with E-state index in [1.807, 2.05) is 0 Å². The number of allylic oxidation sites excluding steroid dienone is 3. The lowest BCUT2D eigenvalue weighted by Crippen LogP contribution is -2.36. The molecule has 2 aromatic carbocycles. The second kappa shape index (κ2) is 8.38. The highest BCUT2D eigenvalue weighted by Gasteiger charge is 2.42. The molecular formula is C24H20BrF2NO3. The van der Waals surface area contributed by atoms with Crippen molar-refractivity contribution in [1.82, 2.24) is 5.32 Å². The van der Waals surface area contributed by atoms with Gasteiger partial charge in [-0.1, -0.05) is 28.1 Å². The number of hydrogen-bond donors (Lipinski definition) is 1. The van der Waals surface area contributed by atoms with Gasteiger partial charge in [-0.3, -0.25) is 4.79 Å². The summed E-state index contributed by atoms with van der Waals surface area (Å²) in [7, 11) is 1.26. The minimum Gasteiger partial charge on any atom is -0.466 e. The van der Waals surface area contributed by atoms with E-state index in [1.54, 1.807) is 31.2 Å². The monoisotopic (exact) mass is 487 g/mol. The molecule has 0 bridgehead atoms. The molecule has 0 aromatic heterocycles. The highest BCUT2D eigenvalue weighted by Crippen LogP contribution is 2.46. The van der Waals surface area contributed by atoms with Crippen molar-refractivity contribution < 1.29 is 23.1 Å². The summed E-state index contributed by atoms with van der Waals surface area (Å²) in [4.78, 5) is 26.0. The number of carbonyl (C=O) groups is 2. The molecule has 0 saturated heterocycles. The van der Waals surface area contributed by atoms with E-state index >= 15 is 0 Å². The Balaban J connectivity index is 1.84. The molecule has 1 N–H and O–H groups in total. The van der Waals surface area contributed by atoms with E-state index in [9.17, 15) is 18.4 Å². The van der Waals surface area contributed by atoms with Crippen LogP contribution in [0.4, 0.5) is 8.78 Å². The second-order valence-electron chi connectivity index (χ2n) is 7.73. The highest BCUT2D eigenvalue weighted by atomic mass is 79.9. The van der Waals surface area contributed by atoms with Gasteiger partial charge in [0.1, 0.15) is 11.6 Å². The van der Waals surface area contributed by atoms with Gasteiger partial charge in [-0.2, -0.15) is 0 Å². The smallest absolute Gasteiger partial charge is 0.336 e. The first kappa shape index (κ1) is 21.4. The summed E-state index contributed by atoms with van der Waals surface area (Å²) in [5, 5.41) is 3.19. The van der Waals surface area contributed by atoms with E-state index < -0.39 is 17.7 Å². The Bertz CT molecular complexity index is 1140. The van der Waals surface area contributed by atoms with Gasteiger partial charge in [0.15, 0.2) is 5.78 Å². The van der Waals surface area contributed by atoms with Crippen molar-refractivity contribution in [3.05, 3.63) is 92.2 Å². The van der Waals surface area contributed by atoms with Crippen LogP contribution in [-0.4, -0.2) is 18.9 Å². The standard InChI is InChI=1S/C24H20BrF2NO3/c1-12-21(24(30)31-2)22(17-11-15(25)5-8-18(17)27)23-19(28-12)9-14(10-20(23)29)13-3-6-16(26)7-4-13/h3-8,11,14,22,28H,9-10H2,1-2H3/t14-,22-/m1/s1. The van der Waals surface area contributed by atoms with E-state index in [-0.39, 0.29) is 35.1 Å². The van der Waals surface area contributed by atoms with Gasteiger partial charge in [0.2, 0.25) is 0 Å². The third-order valence-electron chi connectivity index (χ3n) is 5.84. The Morgan fingerprint density at radius 1 is 1.13 bits per heavy atom. The van der Waals surface area contributed by atoms with Crippen LogP contribution in [0, 0.1) is 11.6 Å². The average Bonchev–Trinajstić information content (AvgIpc) is 2.74. The Morgan fingerprint density at radius 2 is 1.84 bits per heavy atom. The predicted octanol–water partition coefficient (Wildman–Crippen LogP) is 5.26. The quantitative estimate of drug-likeness (QED) is 0.599. The van der Waals surface area contributed by atoms with Crippen LogP contribution < -0.4 is 5.32 Å². The molecule has 7 heteroatoms. The summed E-state index contributed by atoms with van der Waals surface area (Å²) in [6.45, 7) is 1.71. The van der Waals surface area contributed by atoms with E-state index in [0.29, 0.717) is 27.9 Å². The summed E-state index contributed by atoms with van der Waals surface area (Å²) >= 11 is 3.36. The molecule has 2 atom stereocenters. The third-order valence-corrected chi connectivity index (χ3v) is 6.34. The molecule has 0 fully saturated rings. The van der Waals surface area contributed by atoms with Gasteiger partial charge in [-0.15, -0.1) is 0 Å². The van der Waals surface area contributed by atoms with Gasteiger partial charge in [0.25, 0.3) is 0 Å². The zero-order valence-electron chi connectivity index (χ0n) is 17.0. The van der Waals surface area contributed by atoms with Crippen LogP contribution in [0.1, 0.15) is 42.7 Å². The first-order valence-electron chi connectivity index (χ1n) is 9.83. The number of hydrogen-bond acceptors (Lipinski definition) is 4. The zero-order chi connectivity index (χ0) is 22.3. The molecule has 0 unspecified atom stereocenters. The SMILES string of the molecule is COC(=O)C1=C(C)NC2=C(C(=O)C[C@H](c3ccc(F)cc3)C2)[C@@H]1c1cc(Br)ccc1F. The van der Waals surface area contributed by atoms with Crippen molar-refractivity contribution in [2.45, 2.75) is 31.6 Å². The fourth-order valence-corrected chi connectivity index (χ4v) is 4.82. The number of rotatable bonds is 3. The van der Waals surface area contributed by atoms with E-state index in [0.717, 1.165) is 5.56 Å². The number of esters is 1. The molecule has 31 heavy (non-hydrogen) atoms. The number of carbonyl (C=O) groups excluding carboxylic acids is 2. The Hall–Kier alpha value is -2.80. The lowest BCUT2D eigenvalue weighted by Gasteiger charge is -2.36. The number of Topliss-reactive ketones (excluding diaryl/α,β-unsaturated/α-hetero) is 1. The van der Waals surface area contributed by atoms with Crippen molar-refractivity contribution >= 4 is 27.7 Å². The minimum atomic E-state index is -0.872. The van der Waals surface area contributed by atoms with Crippen LogP contribution >= 0.6 is 15.9 Å². The van der Waals surface area contributed by atoms with Crippen LogP contribution in [0.2, 0.25) is 0 Å². The third kappa shape index (κ3) is 3.94. The van der Waals surface area contributed by atoms with Gasteiger partial charge >= 0.3 is 5.97 Å². The largest absolute Gasteiger partial charge is 0.466 e. The molecule has 4 rings (SSSR count). The van der Waals surface area contributed by atoms with Gasteiger partial charge < -0.3 is 10.1 Å². The summed E-state index contributed by atoms with van der Waals surface area (Å²) < 4.78 is 33.8. The van der Waals surface area contributed by atoms with Crippen LogP contribution in [0.25, 0.3) is 0 Å². The summed E-state index contributed by atoms with van der Waals surface area (Å²) in [5.74, 6) is -2.66. The molecule has 0 radical (unpaired) electrons. The van der Waals surface area contributed by atoms with Crippen LogP contribution in [0.3, 0.4) is 0 Å². The number of dihydropyridines is 1. The Morgan fingerprint density at radius 3 is 2.52 bits per heavy atom. The van der Waals surface area contributed by atoms with Crippen molar-refractivity contribution in [3.63, 3.8) is 0 Å². The molecule has 1 heterocycles. The molecular weight excluding hydrogens is 468 g/mol. The van der Waals surface area contributed by atoms with Crippen molar-refractivity contribution in [2.75, 3.05) is 7.11 Å². The topological polar surface area (TPSA) is 55.4 Å². The maximum Gasteiger partial charge on any atom is 0.336 e. The average molecular weight is 488 g/mol. The zero-order valence-corrected chi connectivity index (χ0v) is 18.6. The first-order valence-corrected chi connectivity index (χ1v) is 10.6. The Labute approximate surface area is 187 Å². The van der Waals surface area contributed by atoms with Crippen molar-refractivity contribution in [3.8, 4) is 0 Å². The molecule has 1 aliphatic heterocycles. The number of ether oxygens (including phenoxy) is 1.